The molecule has 1 N–H and O–H groups in total. The summed E-state index contributed by atoms with van der Waals surface area (Å²) in [7, 11) is 1.42. The Morgan fingerprint density at radius 3 is 2.87 bits per heavy atom. The number of likely N-dealkylation sites (tertiary alicyclic amines) is 1. The maximum Gasteiger partial charge on any atom is 0.323 e. The average molecular weight is 215 g/mol. The van der Waals surface area contributed by atoms with Crippen LogP contribution in [0.1, 0.15) is 32.6 Å². The minimum Gasteiger partial charge on any atom is -0.468 e. The first kappa shape index (κ1) is 12.5. The second-order valence-corrected chi connectivity index (χ2v) is 4.12. The highest BCUT2D eigenvalue weighted by atomic mass is 16.5. The van der Waals surface area contributed by atoms with Crippen LogP contribution in [0.5, 0.6) is 0 Å². The predicted octanol–water partition coefficient (Wildman–Crippen LogP) is 0.785. The number of ether oxygens (including phenoxy) is 1. The van der Waals surface area contributed by atoms with Gasteiger partial charge in [-0.15, -0.1) is 0 Å². The number of hydrogen-bond acceptors (Lipinski definition) is 4. The molecular formula is C11H21NO3. The number of unbranched alkanes of at least 4 members (excludes halogenated alkanes) is 1. The molecule has 1 saturated heterocycles. The van der Waals surface area contributed by atoms with Gasteiger partial charge in [-0.25, -0.2) is 0 Å². The lowest BCUT2D eigenvalue weighted by Crippen LogP contribution is -2.40. The molecule has 1 unspecified atom stereocenters. The number of rotatable bonds is 5. The highest BCUT2D eigenvalue weighted by molar-refractivity contribution is 5.75. The van der Waals surface area contributed by atoms with E-state index in [1.807, 2.05) is 4.90 Å². The molecule has 0 radical (unpaired) electrons. The van der Waals surface area contributed by atoms with Gasteiger partial charge in [0, 0.05) is 13.1 Å². The van der Waals surface area contributed by atoms with Gasteiger partial charge in [-0.05, 0) is 12.8 Å². The number of β-amino-alcohol motifs (C(OH)–C–C–N with tert-alkyl or cyclic N) is 1. The highest BCUT2D eigenvalue weighted by Crippen LogP contribution is 2.17. The zero-order valence-electron chi connectivity index (χ0n) is 9.61. The van der Waals surface area contributed by atoms with Gasteiger partial charge in [-0.1, -0.05) is 19.8 Å². The summed E-state index contributed by atoms with van der Waals surface area (Å²) in [6.07, 6.45) is 3.41. The van der Waals surface area contributed by atoms with E-state index in [9.17, 15) is 9.90 Å². The summed E-state index contributed by atoms with van der Waals surface area (Å²) in [5, 5.41) is 9.43. The van der Waals surface area contributed by atoms with Gasteiger partial charge in [0.15, 0.2) is 0 Å². The number of carbonyl (C=O) groups excluding carboxylic acids is 1. The number of esters is 1. The first-order valence-electron chi connectivity index (χ1n) is 5.69. The zero-order valence-corrected chi connectivity index (χ0v) is 9.61. The van der Waals surface area contributed by atoms with Gasteiger partial charge >= 0.3 is 5.97 Å². The van der Waals surface area contributed by atoms with Crippen molar-refractivity contribution in [2.24, 2.45) is 0 Å². The largest absolute Gasteiger partial charge is 0.468 e. The maximum absolute atomic E-state index is 11.6. The number of hydrogen-bond donors (Lipinski definition) is 1. The van der Waals surface area contributed by atoms with Crippen molar-refractivity contribution in [2.45, 2.75) is 44.8 Å². The van der Waals surface area contributed by atoms with Crippen LogP contribution in [-0.2, 0) is 9.53 Å². The summed E-state index contributed by atoms with van der Waals surface area (Å²) in [5.41, 5.74) is 0. The van der Waals surface area contributed by atoms with Crippen molar-refractivity contribution in [3.05, 3.63) is 0 Å². The molecule has 0 amide bonds. The van der Waals surface area contributed by atoms with Gasteiger partial charge in [-0.2, -0.15) is 0 Å². The van der Waals surface area contributed by atoms with Crippen molar-refractivity contribution in [3.63, 3.8) is 0 Å². The molecule has 1 aliphatic heterocycles. The van der Waals surface area contributed by atoms with E-state index in [0.717, 1.165) is 32.2 Å². The molecule has 2 atom stereocenters. The van der Waals surface area contributed by atoms with E-state index in [4.69, 9.17) is 4.74 Å². The predicted molar refractivity (Wildman–Crippen MR) is 57.5 cm³/mol. The number of aliphatic hydroxyl groups is 1. The smallest absolute Gasteiger partial charge is 0.323 e. The van der Waals surface area contributed by atoms with E-state index in [-0.39, 0.29) is 18.1 Å². The molecule has 1 fully saturated rings. The van der Waals surface area contributed by atoms with Gasteiger partial charge in [0.2, 0.25) is 0 Å². The summed E-state index contributed by atoms with van der Waals surface area (Å²) in [5.74, 6) is -0.169. The third-order valence-corrected chi connectivity index (χ3v) is 2.94. The standard InChI is InChI=1S/C11H21NO3/c1-3-4-5-10(11(14)15-2)12-7-6-9(13)8-12/h9-10,13H,3-8H2,1-2H3/t9-,10?/m0/s1. The normalized spacial score (nSPS) is 24.1. The Kier molecular flexibility index (Phi) is 5.05. The third-order valence-electron chi connectivity index (χ3n) is 2.94. The summed E-state index contributed by atoms with van der Waals surface area (Å²) in [6.45, 7) is 3.50. The molecule has 0 aromatic rings. The van der Waals surface area contributed by atoms with Gasteiger partial charge < -0.3 is 9.84 Å². The summed E-state index contributed by atoms with van der Waals surface area (Å²) < 4.78 is 4.79. The number of aliphatic hydroxyl groups excluding tert-OH is 1. The van der Waals surface area contributed by atoms with Crippen LogP contribution < -0.4 is 0 Å². The Labute approximate surface area is 91.2 Å². The van der Waals surface area contributed by atoms with Crippen molar-refractivity contribution in [2.75, 3.05) is 20.2 Å². The van der Waals surface area contributed by atoms with Gasteiger partial charge in [-0.3, -0.25) is 9.69 Å². The second-order valence-electron chi connectivity index (χ2n) is 4.12. The lowest BCUT2D eigenvalue weighted by atomic mass is 10.1. The van der Waals surface area contributed by atoms with E-state index in [0.29, 0.717) is 6.54 Å². The first-order chi connectivity index (χ1) is 7.19. The zero-order chi connectivity index (χ0) is 11.3. The molecule has 0 aromatic carbocycles. The summed E-state index contributed by atoms with van der Waals surface area (Å²) >= 11 is 0. The van der Waals surface area contributed by atoms with Crippen LogP contribution in [-0.4, -0.2) is 48.3 Å². The van der Waals surface area contributed by atoms with Crippen molar-refractivity contribution in [1.82, 2.24) is 4.90 Å². The molecule has 15 heavy (non-hydrogen) atoms. The summed E-state index contributed by atoms with van der Waals surface area (Å²) in [4.78, 5) is 13.6. The van der Waals surface area contributed by atoms with Crippen molar-refractivity contribution < 1.29 is 14.6 Å². The molecule has 1 heterocycles. The van der Waals surface area contributed by atoms with Crippen LogP contribution in [0.2, 0.25) is 0 Å². The van der Waals surface area contributed by atoms with Crippen molar-refractivity contribution in [1.29, 1.82) is 0 Å². The fourth-order valence-corrected chi connectivity index (χ4v) is 2.03. The second kappa shape index (κ2) is 6.08. The number of nitrogens with zero attached hydrogens (tertiary/aromatic N) is 1. The Balaban J connectivity index is 2.51. The molecule has 4 heteroatoms. The Bertz CT molecular complexity index is 208. The Morgan fingerprint density at radius 1 is 1.67 bits per heavy atom. The van der Waals surface area contributed by atoms with Crippen LogP contribution in [0.15, 0.2) is 0 Å². The van der Waals surface area contributed by atoms with Crippen LogP contribution in [0.3, 0.4) is 0 Å². The highest BCUT2D eigenvalue weighted by Gasteiger charge is 2.31. The van der Waals surface area contributed by atoms with E-state index >= 15 is 0 Å². The maximum atomic E-state index is 11.6. The Morgan fingerprint density at radius 2 is 2.40 bits per heavy atom. The molecule has 4 nitrogen and oxygen atoms in total. The third kappa shape index (κ3) is 3.47. The van der Waals surface area contributed by atoms with Crippen LogP contribution >= 0.6 is 0 Å². The fourth-order valence-electron chi connectivity index (χ4n) is 2.03. The average Bonchev–Trinajstić information content (AvgIpc) is 2.65. The van der Waals surface area contributed by atoms with E-state index in [1.165, 1.54) is 7.11 Å². The minimum atomic E-state index is -0.279. The van der Waals surface area contributed by atoms with Crippen molar-refractivity contribution >= 4 is 5.97 Å². The monoisotopic (exact) mass is 215 g/mol. The molecular weight excluding hydrogens is 194 g/mol. The molecule has 0 bridgehead atoms. The lowest BCUT2D eigenvalue weighted by molar-refractivity contribution is -0.147. The van der Waals surface area contributed by atoms with E-state index < -0.39 is 0 Å². The molecule has 0 aliphatic carbocycles. The Hall–Kier alpha value is -0.610. The molecule has 88 valence electrons. The number of methoxy groups -OCH3 is 1. The quantitative estimate of drug-likeness (QED) is 0.689. The summed E-state index contributed by atoms with van der Waals surface area (Å²) in [6, 6.07) is -0.160. The lowest BCUT2D eigenvalue weighted by Gasteiger charge is -2.24. The molecule has 0 saturated carbocycles. The van der Waals surface area contributed by atoms with Crippen LogP contribution in [0, 0.1) is 0 Å². The minimum absolute atomic E-state index is 0.160. The van der Waals surface area contributed by atoms with E-state index in [1.54, 1.807) is 0 Å². The molecule has 0 aromatic heterocycles. The van der Waals surface area contributed by atoms with Gasteiger partial charge in [0.05, 0.1) is 13.2 Å². The van der Waals surface area contributed by atoms with Crippen molar-refractivity contribution in [3.8, 4) is 0 Å². The topological polar surface area (TPSA) is 49.8 Å². The van der Waals surface area contributed by atoms with Crippen LogP contribution in [0.4, 0.5) is 0 Å². The first-order valence-corrected chi connectivity index (χ1v) is 5.69. The SMILES string of the molecule is CCCCC(C(=O)OC)N1CC[C@H](O)C1. The molecule has 0 spiro atoms. The fraction of sp³-hybridized carbons (Fsp3) is 0.909. The molecule has 1 rings (SSSR count). The van der Waals surface area contributed by atoms with Gasteiger partial charge in [0.25, 0.3) is 0 Å². The van der Waals surface area contributed by atoms with Crippen LogP contribution in [0.25, 0.3) is 0 Å². The number of carbonyl (C=O) groups is 1. The van der Waals surface area contributed by atoms with Gasteiger partial charge in [0.1, 0.15) is 6.04 Å². The van der Waals surface area contributed by atoms with E-state index in [2.05, 4.69) is 6.92 Å². The molecule has 1 aliphatic rings.